The Morgan fingerprint density at radius 3 is 2.33 bits per heavy atom. The lowest BCUT2D eigenvalue weighted by atomic mass is 10.1. The maximum absolute atomic E-state index is 6.80. The highest BCUT2D eigenvalue weighted by Crippen LogP contribution is 2.46. The van der Waals surface area contributed by atoms with Gasteiger partial charge in [0.25, 0.3) is 0 Å². The summed E-state index contributed by atoms with van der Waals surface area (Å²) in [7, 11) is 2.05. The van der Waals surface area contributed by atoms with Crippen molar-refractivity contribution in [1.82, 2.24) is 19.1 Å². The molecule has 0 aliphatic rings. The third-order valence-electron chi connectivity index (χ3n) is 8.23. The highest BCUT2D eigenvalue weighted by atomic mass is 16.5. The van der Waals surface area contributed by atoms with E-state index in [1.54, 1.807) is 0 Å². The molecule has 0 fully saturated rings. The summed E-state index contributed by atoms with van der Waals surface area (Å²) in [6.07, 6.45) is 1.82. The number of benzene rings is 5. The number of nitrogens with zero attached hydrogens (tertiary/aromatic N) is 4. The van der Waals surface area contributed by atoms with Gasteiger partial charge in [0.05, 0.1) is 32.8 Å². The molecule has 0 radical (unpaired) electrons. The number of hydrogen-bond donors (Lipinski definition) is 0. The zero-order valence-electron chi connectivity index (χ0n) is 23.2. The van der Waals surface area contributed by atoms with E-state index < -0.39 is 0 Å². The summed E-state index contributed by atoms with van der Waals surface area (Å²) in [4.78, 5) is 9.62. The average molecular weight is 557 g/mol. The van der Waals surface area contributed by atoms with E-state index in [9.17, 15) is 0 Å². The molecule has 4 heterocycles. The molecule has 9 aromatic rings. The zero-order valence-corrected chi connectivity index (χ0v) is 23.2. The summed E-state index contributed by atoms with van der Waals surface area (Å²) < 4.78 is 17.7. The van der Waals surface area contributed by atoms with Crippen LogP contribution in [0.3, 0.4) is 0 Å². The highest BCUT2D eigenvalue weighted by Gasteiger charge is 2.23. The lowest BCUT2D eigenvalue weighted by Gasteiger charge is -2.11. The molecule has 6 heteroatoms. The van der Waals surface area contributed by atoms with Crippen LogP contribution in [0.2, 0.25) is 0 Å². The first-order chi connectivity index (χ1) is 21.2. The van der Waals surface area contributed by atoms with Crippen molar-refractivity contribution in [3.8, 4) is 28.7 Å². The van der Waals surface area contributed by atoms with Crippen molar-refractivity contribution in [1.29, 1.82) is 0 Å². The molecular weight excluding hydrogens is 532 g/mol. The van der Waals surface area contributed by atoms with Gasteiger partial charge in [-0.2, -0.15) is 0 Å². The van der Waals surface area contributed by atoms with Gasteiger partial charge in [0.2, 0.25) is 0 Å². The Morgan fingerprint density at radius 2 is 1.47 bits per heavy atom. The van der Waals surface area contributed by atoms with Crippen LogP contribution in [0.15, 0.2) is 132 Å². The molecule has 0 atom stereocenters. The third-order valence-corrected chi connectivity index (χ3v) is 8.23. The van der Waals surface area contributed by atoms with Crippen molar-refractivity contribution >= 4 is 54.8 Å². The van der Waals surface area contributed by atoms with Gasteiger partial charge in [-0.3, -0.25) is 4.57 Å². The maximum Gasteiger partial charge on any atom is 0.149 e. The number of para-hydroxylation sites is 4. The Kier molecular flexibility index (Phi) is 5.01. The van der Waals surface area contributed by atoms with Crippen LogP contribution in [0.4, 0.5) is 0 Å². The molecule has 0 aliphatic heterocycles. The van der Waals surface area contributed by atoms with Gasteiger partial charge in [-0.05, 0) is 48.5 Å². The molecule has 0 amide bonds. The van der Waals surface area contributed by atoms with E-state index in [-0.39, 0.29) is 0 Å². The van der Waals surface area contributed by atoms with Crippen LogP contribution < -0.4 is 4.74 Å². The Morgan fingerprint density at radius 1 is 0.674 bits per heavy atom. The van der Waals surface area contributed by atoms with Gasteiger partial charge in [-0.25, -0.2) is 9.97 Å². The zero-order chi connectivity index (χ0) is 28.5. The molecule has 204 valence electrons. The van der Waals surface area contributed by atoms with Crippen LogP contribution in [0.1, 0.15) is 0 Å². The van der Waals surface area contributed by atoms with E-state index >= 15 is 0 Å². The second kappa shape index (κ2) is 9.06. The van der Waals surface area contributed by atoms with E-state index in [0.29, 0.717) is 0 Å². The van der Waals surface area contributed by atoms with Crippen molar-refractivity contribution in [2.24, 2.45) is 7.05 Å². The Balaban J connectivity index is 1.31. The van der Waals surface area contributed by atoms with E-state index in [0.717, 1.165) is 83.5 Å². The fourth-order valence-electron chi connectivity index (χ4n) is 6.34. The van der Waals surface area contributed by atoms with Crippen LogP contribution in [0.25, 0.3) is 72.0 Å². The van der Waals surface area contributed by atoms with Crippen LogP contribution >= 0.6 is 0 Å². The summed E-state index contributed by atoms with van der Waals surface area (Å²) in [6, 6.07) is 40.9. The van der Waals surface area contributed by atoms with Gasteiger partial charge in [0, 0.05) is 35.6 Å². The number of fused-ring (bicyclic) bond motifs is 8. The van der Waals surface area contributed by atoms with Gasteiger partial charge >= 0.3 is 0 Å². The minimum absolute atomic E-state index is 0.717. The first-order valence-corrected chi connectivity index (χ1v) is 14.2. The lowest BCUT2D eigenvalue weighted by Crippen LogP contribution is -1.97. The number of pyridine rings is 1. The second-order valence-electron chi connectivity index (χ2n) is 10.7. The summed E-state index contributed by atoms with van der Waals surface area (Å²) in [5.41, 5.74) is 6.66. The fourth-order valence-corrected chi connectivity index (χ4v) is 6.34. The van der Waals surface area contributed by atoms with Crippen molar-refractivity contribution < 1.29 is 9.15 Å². The number of ether oxygens (including phenoxy) is 1. The van der Waals surface area contributed by atoms with E-state index in [2.05, 4.69) is 57.7 Å². The van der Waals surface area contributed by atoms with Crippen LogP contribution in [-0.4, -0.2) is 19.1 Å². The molecule has 5 aromatic carbocycles. The predicted molar refractivity (Wildman–Crippen MR) is 172 cm³/mol. The summed E-state index contributed by atoms with van der Waals surface area (Å²) in [5, 5.41) is 4.09. The first kappa shape index (κ1) is 23.8. The van der Waals surface area contributed by atoms with Crippen LogP contribution in [-0.2, 0) is 7.05 Å². The number of rotatable bonds is 4. The monoisotopic (exact) mass is 556 g/mol. The molecule has 4 aromatic heterocycles. The maximum atomic E-state index is 6.80. The molecule has 43 heavy (non-hydrogen) atoms. The fraction of sp³-hybridized carbons (Fsp3) is 0.0270. The largest absolute Gasteiger partial charge is 0.456 e. The SMILES string of the molecule is Cn1c(-c2cccc(Oc3cc4c(c5ccccc5n4-c4ccccn4)c4oc5ccccc5c34)c2)nc2ccccc21. The Hall–Kier alpha value is -5.88. The molecule has 0 saturated carbocycles. The molecule has 0 spiro atoms. The number of aryl methyl sites for hydroxylation is 1. The van der Waals surface area contributed by atoms with Gasteiger partial charge in [-0.1, -0.05) is 66.7 Å². The predicted octanol–water partition coefficient (Wildman–Crippen LogP) is 9.42. The third kappa shape index (κ3) is 3.53. The molecular formula is C37H24N4O2. The van der Waals surface area contributed by atoms with Gasteiger partial charge in [0.15, 0.2) is 0 Å². The van der Waals surface area contributed by atoms with E-state index in [1.165, 1.54) is 0 Å². The molecule has 0 bridgehead atoms. The highest BCUT2D eigenvalue weighted by molar-refractivity contribution is 6.25. The number of furan rings is 1. The Bertz CT molecular complexity index is 2500. The summed E-state index contributed by atoms with van der Waals surface area (Å²) in [6.45, 7) is 0. The van der Waals surface area contributed by atoms with Gasteiger partial charge in [-0.15, -0.1) is 0 Å². The topological polar surface area (TPSA) is 58.0 Å². The van der Waals surface area contributed by atoms with Crippen molar-refractivity contribution in [3.63, 3.8) is 0 Å². The van der Waals surface area contributed by atoms with Crippen molar-refractivity contribution in [2.75, 3.05) is 0 Å². The molecule has 9 rings (SSSR count). The molecule has 0 N–H and O–H groups in total. The van der Waals surface area contributed by atoms with Gasteiger partial charge < -0.3 is 13.7 Å². The van der Waals surface area contributed by atoms with Crippen LogP contribution in [0.5, 0.6) is 11.5 Å². The van der Waals surface area contributed by atoms with E-state index in [1.807, 2.05) is 86.0 Å². The molecule has 6 nitrogen and oxygen atoms in total. The van der Waals surface area contributed by atoms with Crippen LogP contribution in [0, 0.1) is 0 Å². The lowest BCUT2D eigenvalue weighted by molar-refractivity contribution is 0.489. The second-order valence-corrected chi connectivity index (χ2v) is 10.7. The van der Waals surface area contributed by atoms with E-state index in [4.69, 9.17) is 19.1 Å². The van der Waals surface area contributed by atoms with Gasteiger partial charge in [0.1, 0.15) is 34.3 Å². The quantitative estimate of drug-likeness (QED) is 0.217. The minimum Gasteiger partial charge on any atom is -0.456 e. The number of hydrogen-bond acceptors (Lipinski definition) is 4. The average Bonchev–Trinajstić information content (AvgIpc) is 3.71. The summed E-state index contributed by atoms with van der Waals surface area (Å²) in [5.74, 6) is 3.15. The molecule has 0 unspecified atom stereocenters. The minimum atomic E-state index is 0.717. The normalized spacial score (nSPS) is 11.8. The Labute approximate surface area is 246 Å². The molecule has 0 saturated heterocycles. The number of aromatic nitrogens is 4. The standard InChI is InChI=1S/C37H24N4O2/c1-40-29-17-6-4-15-27(29)39-37(40)23-11-10-12-24(21-23)42-32-22-30-34(36-35(32)26-14-3-7-18-31(26)43-36)25-13-2-5-16-28(25)41(30)33-19-8-9-20-38-33/h2-22H,1H3. The smallest absolute Gasteiger partial charge is 0.149 e. The van der Waals surface area contributed by atoms with Crippen molar-refractivity contribution in [3.05, 3.63) is 128 Å². The first-order valence-electron chi connectivity index (χ1n) is 14.2. The molecule has 0 aliphatic carbocycles. The number of imidazole rings is 1. The van der Waals surface area contributed by atoms with Crippen molar-refractivity contribution in [2.45, 2.75) is 0 Å². The summed E-state index contributed by atoms with van der Waals surface area (Å²) >= 11 is 0.